The largest absolute Gasteiger partial charge is 0.299 e. The first-order valence-electron chi connectivity index (χ1n) is 10.4. The fourth-order valence-electron chi connectivity index (χ4n) is 3.91. The number of likely N-dealkylation sites (tertiary alicyclic amines) is 1. The number of nitrogens with zero attached hydrogens (tertiary/aromatic N) is 5. The smallest absolute Gasteiger partial charge is 0.137 e. The highest BCUT2D eigenvalue weighted by atomic mass is 16.1. The second kappa shape index (κ2) is 9.09. The summed E-state index contributed by atoms with van der Waals surface area (Å²) in [7, 11) is 0. The van der Waals surface area contributed by atoms with E-state index in [1.165, 1.54) is 5.56 Å². The Labute approximate surface area is 171 Å². The summed E-state index contributed by atoms with van der Waals surface area (Å²) in [5.41, 5.74) is 4.32. The van der Waals surface area contributed by atoms with Gasteiger partial charge in [0.15, 0.2) is 0 Å². The highest BCUT2D eigenvalue weighted by Gasteiger charge is 2.22. The van der Waals surface area contributed by atoms with Crippen molar-refractivity contribution in [2.75, 3.05) is 13.1 Å². The molecule has 0 atom stereocenters. The number of para-hydroxylation sites is 1. The highest BCUT2D eigenvalue weighted by molar-refractivity contribution is 5.80. The number of benzene rings is 1. The van der Waals surface area contributed by atoms with E-state index in [-0.39, 0.29) is 5.78 Å². The molecule has 3 heterocycles. The quantitative estimate of drug-likeness (QED) is 0.618. The van der Waals surface area contributed by atoms with E-state index in [0.717, 1.165) is 49.4 Å². The summed E-state index contributed by atoms with van der Waals surface area (Å²) in [6.07, 6.45) is 9.07. The van der Waals surface area contributed by atoms with Crippen LogP contribution in [0.15, 0.2) is 55.0 Å². The molecule has 6 nitrogen and oxygen atoms in total. The maximum absolute atomic E-state index is 11.7. The highest BCUT2D eigenvalue weighted by Crippen LogP contribution is 2.28. The normalized spacial score (nSPS) is 15.5. The molecule has 0 radical (unpaired) electrons. The Kier molecular flexibility index (Phi) is 6.10. The van der Waals surface area contributed by atoms with Crippen molar-refractivity contribution in [1.29, 1.82) is 0 Å². The van der Waals surface area contributed by atoms with Gasteiger partial charge in [0.25, 0.3) is 0 Å². The Balaban J connectivity index is 1.33. The van der Waals surface area contributed by atoms with Crippen molar-refractivity contribution in [1.82, 2.24) is 24.9 Å². The van der Waals surface area contributed by atoms with E-state index in [4.69, 9.17) is 0 Å². The van der Waals surface area contributed by atoms with Crippen LogP contribution >= 0.6 is 0 Å². The van der Waals surface area contributed by atoms with Gasteiger partial charge in [0.05, 0.1) is 17.6 Å². The summed E-state index contributed by atoms with van der Waals surface area (Å²) in [4.78, 5) is 18.5. The van der Waals surface area contributed by atoms with Gasteiger partial charge in [0.2, 0.25) is 0 Å². The second-order valence-electron chi connectivity index (χ2n) is 7.74. The van der Waals surface area contributed by atoms with Crippen LogP contribution in [0.1, 0.15) is 48.9 Å². The van der Waals surface area contributed by atoms with Gasteiger partial charge in [0, 0.05) is 31.8 Å². The van der Waals surface area contributed by atoms with E-state index in [1.807, 2.05) is 60.5 Å². The van der Waals surface area contributed by atoms with Crippen molar-refractivity contribution < 1.29 is 4.79 Å². The molecule has 1 aromatic carbocycles. The molecule has 0 amide bonds. The van der Waals surface area contributed by atoms with Crippen LogP contribution in [0.2, 0.25) is 0 Å². The number of aromatic nitrogens is 4. The van der Waals surface area contributed by atoms with E-state index < -0.39 is 0 Å². The Morgan fingerprint density at radius 2 is 1.93 bits per heavy atom. The second-order valence-corrected chi connectivity index (χ2v) is 7.74. The van der Waals surface area contributed by atoms with Gasteiger partial charge >= 0.3 is 0 Å². The fourth-order valence-corrected chi connectivity index (χ4v) is 3.91. The molecule has 2 aromatic heterocycles. The molecule has 1 fully saturated rings. The monoisotopic (exact) mass is 389 g/mol. The Bertz CT molecular complexity index is 945. The van der Waals surface area contributed by atoms with Crippen LogP contribution in [0, 0.1) is 0 Å². The first-order valence-corrected chi connectivity index (χ1v) is 10.4. The molecule has 150 valence electrons. The average molecular weight is 390 g/mol. The third kappa shape index (κ3) is 4.95. The molecule has 6 heteroatoms. The van der Waals surface area contributed by atoms with E-state index >= 15 is 0 Å². The summed E-state index contributed by atoms with van der Waals surface area (Å²) >= 11 is 0. The van der Waals surface area contributed by atoms with Crippen molar-refractivity contribution in [3.05, 3.63) is 71.8 Å². The lowest BCUT2D eigenvalue weighted by Crippen LogP contribution is -2.32. The van der Waals surface area contributed by atoms with E-state index in [0.29, 0.717) is 18.8 Å². The van der Waals surface area contributed by atoms with Gasteiger partial charge in [-0.25, -0.2) is 4.68 Å². The lowest BCUT2D eigenvalue weighted by atomic mass is 9.89. The Morgan fingerprint density at radius 3 is 2.69 bits per heavy atom. The van der Waals surface area contributed by atoms with Gasteiger partial charge < -0.3 is 0 Å². The molecular formula is C23H27N5O. The van der Waals surface area contributed by atoms with Crippen molar-refractivity contribution in [2.45, 2.75) is 45.1 Å². The molecule has 29 heavy (non-hydrogen) atoms. The van der Waals surface area contributed by atoms with Crippen molar-refractivity contribution in [2.24, 2.45) is 0 Å². The van der Waals surface area contributed by atoms with Crippen LogP contribution in [-0.2, 0) is 17.8 Å². The number of ketones is 1. The van der Waals surface area contributed by atoms with Gasteiger partial charge in [-0.15, -0.1) is 5.10 Å². The standard InChI is InChI=1S/C23H27N5O/c1-2-23(29)13-18-12-20(15-24-14-18)19-8-10-27(11-9-19)16-21-17-28(26-25-21)22-6-4-3-5-7-22/h3-7,12,14-15,17,19H,2,8-11,13,16H2,1H3. The number of hydrogen-bond acceptors (Lipinski definition) is 5. The molecule has 0 bridgehead atoms. The number of carbonyl (C=O) groups excluding carboxylic acids is 1. The SMILES string of the molecule is CCC(=O)Cc1cncc(C2CCN(Cc3cn(-c4ccccc4)nn3)CC2)c1. The minimum atomic E-state index is 0.266. The number of Topliss-reactive ketones (excluding diaryl/α,β-unsaturated/α-hetero) is 1. The molecule has 3 aromatic rings. The number of piperidine rings is 1. The zero-order valence-corrected chi connectivity index (χ0v) is 16.9. The molecule has 0 N–H and O–H groups in total. The summed E-state index contributed by atoms with van der Waals surface area (Å²) in [6, 6.07) is 12.2. The lowest BCUT2D eigenvalue weighted by Gasteiger charge is -2.31. The third-order valence-corrected chi connectivity index (χ3v) is 5.62. The minimum Gasteiger partial charge on any atom is -0.299 e. The maximum atomic E-state index is 11.7. The lowest BCUT2D eigenvalue weighted by molar-refractivity contribution is -0.118. The number of pyridine rings is 1. The van der Waals surface area contributed by atoms with E-state index in [1.54, 1.807) is 0 Å². The molecule has 1 aliphatic heterocycles. The Hall–Kier alpha value is -2.86. The molecule has 4 rings (SSSR count). The molecule has 1 saturated heterocycles. The summed E-state index contributed by atoms with van der Waals surface area (Å²) in [5.74, 6) is 0.776. The zero-order valence-electron chi connectivity index (χ0n) is 16.9. The number of carbonyl (C=O) groups is 1. The predicted octanol–water partition coefficient (Wildman–Crippen LogP) is 3.56. The average Bonchev–Trinajstić information content (AvgIpc) is 3.23. The van der Waals surface area contributed by atoms with Crippen LogP contribution in [0.4, 0.5) is 0 Å². The first kappa shape index (κ1) is 19.5. The van der Waals surface area contributed by atoms with Crippen molar-refractivity contribution in [3.8, 4) is 5.69 Å². The van der Waals surface area contributed by atoms with Crippen LogP contribution < -0.4 is 0 Å². The molecular weight excluding hydrogens is 362 g/mol. The van der Waals surface area contributed by atoms with Crippen molar-refractivity contribution in [3.63, 3.8) is 0 Å². The van der Waals surface area contributed by atoms with E-state index in [2.05, 4.69) is 26.3 Å². The molecule has 1 aliphatic rings. The zero-order chi connectivity index (χ0) is 20.1. The minimum absolute atomic E-state index is 0.266. The van der Waals surface area contributed by atoms with Gasteiger partial charge in [-0.05, 0) is 55.1 Å². The fraction of sp³-hybridized carbons (Fsp3) is 0.391. The maximum Gasteiger partial charge on any atom is 0.137 e. The predicted molar refractivity (Wildman–Crippen MR) is 112 cm³/mol. The summed E-state index contributed by atoms with van der Waals surface area (Å²) < 4.78 is 1.83. The van der Waals surface area contributed by atoms with Gasteiger partial charge in [0.1, 0.15) is 5.78 Å². The van der Waals surface area contributed by atoms with Gasteiger partial charge in [-0.1, -0.05) is 36.4 Å². The first-order chi connectivity index (χ1) is 14.2. The molecule has 0 aliphatic carbocycles. The third-order valence-electron chi connectivity index (χ3n) is 5.62. The number of hydrogen-bond donors (Lipinski definition) is 0. The van der Waals surface area contributed by atoms with Gasteiger partial charge in [-0.3, -0.25) is 14.7 Å². The van der Waals surface area contributed by atoms with Crippen LogP contribution in [0.5, 0.6) is 0 Å². The topological polar surface area (TPSA) is 63.9 Å². The molecule has 0 unspecified atom stereocenters. The number of rotatable bonds is 7. The van der Waals surface area contributed by atoms with E-state index in [9.17, 15) is 4.79 Å². The van der Waals surface area contributed by atoms with Crippen LogP contribution in [0.3, 0.4) is 0 Å². The summed E-state index contributed by atoms with van der Waals surface area (Å²) in [5, 5.41) is 8.60. The van der Waals surface area contributed by atoms with Crippen molar-refractivity contribution >= 4 is 5.78 Å². The van der Waals surface area contributed by atoms with Crippen LogP contribution in [-0.4, -0.2) is 43.8 Å². The van der Waals surface area contributed by atoms with Crippen LogP contribution in [0.25, 0.3) is 5.69 Å². The Morgan fingerprint density at radius 1 is 1.14 bits per heavy atom. The summed E-state index contributed by atoms with van der Waals surface area (Å²) in [6.45, 7) is 4.79. The van der Waals surface area contributed by atoms with Gasteiger partial charge in [-0.2, -0.15) is 0 Å². The molecule has 0 spiro atoms. The molecule has 0 saturated carbocycles.